The Balaban J connectivity index is 2.16. The highest BCUT2D eigenvalue weighted by atomic mass is 15.1. The van der Waals surface area contributed by atoms with E-state index in [0.717, 1.165) is 36.1 Å². The first-order valence-electron chi connectivity index (χ1n) is 6.31. The number of nitrogens with one attached hydrogen (secondary N) is 1. The summed E-state index contributed by atoms with van der Waals surface area (Å²) in [7, 11) is 4.10. The van der Waals surface area contributed by atoms with Crippen molar-refractivity contribution in [2.24, 2.45) is 0 Å². The maximum atomic E-state index is 4.42. The van der Waals surface area contributed by atoms with Gasteiger partial charge >= 0.3 is 0 Å². The monoisotopic (exact) mass is 257 g/mol. The van der Waals surface area contributed by atoms with Gasteiger partial charge in [-0.3, -0.25) is 4.98 Å². The molecular formula is C14H19N5. The molecule has 19 heavy (non-hydrogen) atoms. The number of hydrogen-bond donors (Lipinski definition) is 1. The van der Waals surface area contributed by atoms with Gasteiger partial charge in [0.15, 0.2) is 0 Å². The molecule has 0 aliphatic carbocycles. The number of aryl methyl sites for hydroxylation is 1. The molecule has 0 radical (unpaired) electrons. The Morgan fingerprint density at radius 3 is 2.68 bits per heavy atom. The molecule has 0 saturated heterocycles. The predicted molar refractivity (Wildman–Crippen MR) is 77.0 cm³/mol. The molecule has 0 bridgehead atoms. The van der Waals surface area contributed by atoms with Gasteiger partial charge in [-0.05, 0) is 33.2 Å². The van der Waals surface area contributed by atoms with E-state index in [1.165, 1.54) is 0 Å². The summed E-state index contributed by atoms with van der Waals surface area (Å²) in [5.41, 5.74) is 1.71. The Labute approximate surface area is 113 Å². The van der Waals surface area contributed by atoms with Crippen molar-refractivity contribution in [3.8, 4) is 11.4 Å². The van der Waals surface area contributed by atoms with Gasteiger partial charge in [-0.2, -0.15) is 0 Å². The molecule has 2 rings (SSSR count). The zero-order valence-electron chi connectivity index (χ0n) is 11.6. The molecule has 0 spiro atoms. The van der Waals surface area contributed by atoms with Gasteiger partial charge in [-0.1, -0.05) is 6.07 Å². The number of aromatic nitrogens is 3. The topological polar surface area (TPSA) is 53.9 Å². The summed E-state index contributed by atoms with van der Waals surface area (Å²) < 4.78 is 0. The number of nitrogens with zero attached hydrogens (tertiary/aromatic N) is 4. The lowest BCUT2D eigenvalue weighted by molar-refractivity contribution is 0.425. The van der Waals surface area contributed by atoms with Crippen molar-refractivity contribution < 1.29 is 0 Å². The summed E-state index contributed by atoms with van der Waals surface area (Å²) in [6, 6.07) is 7.74. The minimum absolute atomic E-state index is 0.746. The van der Waals surface area contributed by atoms with Crippen molar-refractivity contribution in [1.29, 1.82) is 0 Å². The fourth-order valence-corrected chi connectivity index (χ4v) is 1.71. The van der Waals surface area contributed by atoms with E-state index >= 15 is 0 Å². The minimum Gasteiger partial charge on any atom is -0.369 e. The third kappa shape index (κ3) is 3.99. The van der Waals surface area contributed by atoms with Crippen LogP contribution in [0.4, 0.5) is 5.82 Å². The highest BCUT2D eigenvalue weighted by molar-refractivity contribution is 5.58. The number of anilines is 1. The molecule has 0 atom stereocenters. The molecule has 0 aromatic carbocycles. The first-order chi connectivity index (χ1) is 9.15. The number of likely N-dealkylation sites (N-methyl/N-ethyl adjacent to an activating group) is 1. The van der Waals surface area contributed by atoms with E-state index in [1.54, 1.807) is 6.20 Å². The second-order valence-electron chi connectivity index (χ2n) is 4.63. The van der Waals surface area contributed by atoms with Crippen molar-refractivity contribution in [1.82, 2.24) is 19.9 Å². The fourth-order valence-electron chi connectivity index (χ4n) is 1.71. The summed E-state index contributed by atoms with van der Waals surface area (Å²) in [4.78, 5) is 15.3. The van der Waals surface area contributed by atoms with Crippen LogP contribution in [-0.4, -0.2) is 47.0 Å². The molecule has 0 saturated carbocycles. The molecule has 5 nitrogen and oxygen atoms in total. The van der Waals surface area contributed by atoms with Crippen LogP contribution in [0.3, 0.4) is 0 Å². The smallest absolute Gasteiger partial charge is 0.130 e. The Hall–Kier alpha value is -2.01. The van der Waals surface area contributed by atoms with Gasteiger partial charge < -0.3 is 10.2 Å². The van der Waals surface area contributed by atoms with Crippen LogP contribution in [0.25, 0.3) is 11.4 Å². The Morgan fingerprint density at radius 1 is 1.16 bits per heavy atom. The van der Waals surface area contributed by atoms with E-state index in [9.17, 15) is 0 Å². The molecule has 0 unspecified atom stereocenters. The van der Waals surface area contributed by atoms with Crippen LogP contribution in [-0.2, 0) is 0 Å². The minimum atomic E-state index is 0.746. The molecule has 1 N–H and O–H groups in total. The van der Waals surface area contributed by atoms with E-state index in [-0.39, 0.29) is 0 Å². The Morgan fingerprint density at radius 2 is 2.00 bits per heavy atom. The molecule has 2 aromatic heterocycles. The molecule has 2 aromatic rings. The van der Waals surface area contributed by atoms with Gasteiger partial charge in [0.25, 0.3) is 0 Å². The Bertz CT molecular complexity index is 525. The predicted octanol–water partition coefficient (Wildman–Crippen LogP) is 1.82. The molecule has 100 valence electrons. The van der Waals surface area contributed by atoms with Gasteiger partial charge in [0.05, 0.1) is 11.4 Å². The summed E-state index contributed by atoms with van der Waals surface area (Å²) >= 11 is 0. The van der Waals surface area contributed by atoms with E-state index in [0.29, 0.717) is 0 Å². The van der Waals surface area contributed by atoms with Crippen LogP contribution < -0.4 is 5.32 Å². The highest BCUT2D eigenvalue weighted by Gasteiger charge is 2.05. The molecule has 0 amide bonds. The van der Waals surface area contributed by atoms with Crippen molar-refractivity contribution >= 4 is 5.82 Å². The molecule has 5 heteroatoms. The Kier molecular flexibility index (Phi) is 4.41. The quantitative estimate of drug-likeness (QED) is 0.885. The van der Waals surface area contributed by atoms with Crippen molar-refractivity contribution in [3.05, 3.63) is 36.3 Å². The number of hydrogen-bond acceptors (Lipinski definition) is 5. The third-order valence-corrected chi connectivity index (χ3v) is 2.63. The first kappa shape index (κ1) is 13.4. The zero-order chi connectivity index (χ0) is 13.7. The van der Waals surface area contributed by atoms with Gasteiger partial charge in [0.2, 0.25) is 0 Å². The fraction of sp³-hybridized carbons (Fsp3) is 0.357. The van der Waals surface area contributed by atoms with Crippen LogP contribution in [0, 0.1) is 6.92 Å². The largest absolute Gasteiger partial charge is 0.369 e. The first-order valence-corrected chi connectivity index (χ1v) is 6.31. The molecule has 0 aliphatic rings. The lowest BCUT2D eigenvalue weighted by Crippen LogP contribution is -2.21. The number of pyridine rings is 1. The maximum absolute atomic E-state index is 4.42. The maximum Gasteiger partial charge on any atom is 0.130 e. The van der Waals surface area contributed by atoms with Crippen LogP contribution in [0.15, 0.2) is 30.5 Å². The lowest BCUT2D eigenvalue weighted by atomic mass is 10.2. The van der Waals surface area contributed by atoms with Crippen molar-refractivity contribution in [2.45, 2.75) is 6.92 Å². The summed E-state index contributed by atoms with van der Waals surface area (Å²) in [5.74, 6) is 1.59. The highest BCUT2D eigenvalue weighted by Crippen LogP contribution is 2.16. The van der Waals surface area contributed by atoms with E-state index in [2.05, 4.69) is 25.2 Å². The molecule has 0 fully saturated rings. The molecule has 2 heterocycles. The van der Waals surface area contributed by atoms with Gasteiger partial charge in [0.1, 0.15) is 11.6 Å². The van der Waals surface area contributed by atoms with Crippen molar-refractivity contribution in [2.75, 3.05) is 32.5 Å². The lowest BCUT2D eigenvalue weighted by Gasteiger charge is -2.11. The van der Waals surface area contributed by atoms with E-state index in [4.69, 9.17) is 0 Å². The van der Waals surface area contributed by atoms with Crippen LogP contribution >= 0.6 is 0 Å². The van der Waals surface area contributed by atoms with E-state index in [1.807, 2.05) is 45.3 Å². The van der Waals surface area contributed by atoms with Crippen LogP contribution in [0.1, 0.15) is 5.82 Å². The second-order valence-corrected chi connectivity index (χ2v) is 4.63. The molecular weight excluding hydrogens is 238 g/mol. The van der Waals surface area contributed by atoms with Gasteiger partial charge in [-0.15, -0.1) is 0 Å². The average molecular weight is 257 g/mol. The number of rotatable bonds is 5. The van der Waals surface area contributed by atoms with Crippen molar-refractivity contribution in [3.63, 3.8) is 0 Å². The molecule has 0 aliphatic heterocycles. The summed E-state index contributed by atoms with van der Waals surface area (Å²) in [6.45, 7) is 3.71. The third-order valence-electron chi connectivity index (χ3n) is 2.63. The van der Waals surface area contributed by atoms with Gasteiger partial charge in [-0.25, -0.2) is 9.97 Å². The normalized spacial score (nSPS) is 10.7. The summed E-state index contributed by atoms with van der Waals surface area (Å²) in [6.07, 6.45) is 1.77. The zero-order valence-corrected chi connectivity index (χ0v) is 11.6. The van der Waals surface area contributed by atoms with Gasteiger partial charge in [0, 0.05) is 25.4 Å². The summed E-state index contributed by atoms with van der Waals surface area (Å²) in [5, 5.41) is 3.31. The second kappa shape index (κ2) is 6.24. The van der Waals surface area contributed by atoms with E-state index < -0.39 is 0 Å². The average Bonchev–Trinajstić information content (AvgIpc) is 2.39. The van der Waals surface area contributed by atoms with Crippen LogP contribution in [0.5, 0.6) is 0 Å². The standard InChI is InChI=1S/C14H19N5/c1-11-17-13(12-6-4-5-7-15-12)10-14(18-11)16-8-9-19(2)3/h4-7,10H,8-9H2,1-3H3,(H,16,17,18). The van der Waals surface area contributed by atoms with Crippen LogP contribution in [0.2, 0.25) is 0 Å². The SMILES string of the molecule is Cc1nc(NCCN(C)C)cc(-c2ccccn2)n1.